The predicted octanol–water partition coefficient (Wildman–Crippen LogP) is 3.34. The number of rotatable bonds is 5. The smallest absolute Gasteiger partial charge is 0.340 e. The van der Waals surface area contributed by atoms with Crippen LogP contribution in [-0.2, 0) is 11.3 Å². The van der Waals surface area contributed by atoms with Crippen molar-refractivity contribution >= 4 is 16.9 Å². The third kappa shape index (κ3) is 2.54. The number of hydrogen-bond donors (Lipinski definition) is 0. The fourth-order valence-corrected chi connectivity index (χ4v) is 2.96. The summed E-state index contributed by atoms with van der Waals surface area (Å²) in [6.07, 6.45) is 3.76. The molecule has 0 aliphatic carbocycles. The second-order valence-corrected chi connectivity index (χ2v) is 5.45. The summed E-state index contributed by atoms with van der Waals surface area (Å²) in [5.74, 6) is 0.379. The molecule has 1 aromatic carbocycles. The molecule has 6 nitrogen and oxygen atoms in total. The second kappa shape index (κ2) is 6.39. The molecule has 0 aliphatic heterocycles. The SMILES string of the molecule is CCOC(=O)c1c(C)n(-c2cnn(CC)c2)c2ccc(OC)cc12. The number of esters is 1. The molecule has 0 saturated carbocycles. The van der Waals surface area contributed by atoms with Crippen LogP contribution in [0.3, 0.4) is 0 Å². The molecule has 6 heteroatoms. The number of aromatic nitrogens is 3. The van der Waals surface area contributed by atoms with Crippen LogP contribution >= 0.6 is 0 Å². The van der Waals surface area contributed by atoms with Crippen molar-refractivity contribution in [2.75, 3.05) is 13.7 Å². The number of aryl methyl sites for hydroxylation is 1. The fourth-order valence-electron chi connectivity index (χ4n) is 2.96. The maximum absolute atomic E-state index is 12.5. The molecular formula is C18H21N3O3. The summed E-state index contributed by atoms with van der Waals surface area (Å²) in [4.78, 5) is 12.5. The first kappa shape index (κ1) is 16.1. The Labute approximate surface area is 140 Å². The fraction of sp³-hybridized carbons (Fsp3) is 0.333. The minimum absolute atomic E-state index is 0.324. The number of benzene rings is 1. The lowest BCUT2D eigenvalue weighted by Gasteiger charge is -2.06. The zero-order valence-electron chi connectivity index (χ0n) is 14.4. The van der Waals surface area contributed by atoms with Crippen molar-refractivity contribution in [1.29, 1.82) is 0 Å². The van der Waals surface area contributed by atoms with Crippen molar-refractivity contribution in [3.63, 3.8) is 0 Å². The van der Waals surface area contributed by atoms with Gasteiger partial charge in [0.15, 0.2) is 0 Å². The van der Waals surface area contributed by atoms with Gasteiger partial charge in [-0.15, -0.1) is 0 Å². The molecule has 126 valence electrons. The normalized spacial score (nSPS) is 11.0. The number of fused-ring (bicyclic) bond motifs is 1. The summed E-state index contributed by atoms with van der Waals surface area (Å²) < 4.78 is 14.5. The molecule has 0 radical (unpaired) electrons. The Morgan fingerprint density at radius 1 is 1.29 bits per heavy atom. The minimum Gasteiger partial charge on any atom is -0.497 e. The van der Waals surface area contributed by atoms with Crippen molar-refractivity contribution in [1.82, 2.24) is 14.3 Å². The second-order valence-electron chi connectivity index (χ2n) is 5.45. The molecule has 3 aromatic rings. The van der Waals surface area contributed by atoms with Gasteiger partial charge in [-0.05, 0) is 39.0 Å². The monoisotopic (exact) mass is 327 g/mol. The number of methoxy groups -OCH3 is 1. The van der Waals surface area contributed by atoms with E-state index in [1.165, 1.54) is 0 Å². The number of carbonyl (C=O) groups is 1. The Hall–Kier alpha value is -2.76. The van der Waals surface area contributed by atoms with Crippen LogP contribution in [-0.4, -0.2) is 34.0 Å². The van der Waals surface area contributed by atoms with E-state index in [1.54, 1.807) is 20.2 Å². The molecule has 0 amide bonds. The van der Waals surface area contributed by atoms with E-state index in [1.807, 2.05) is 47.5 Å². The molecule has 24 heavy (non-hydrogen) atoms. The van der Waals surface area contributed by atoms with Crippen LogP contribution in [0, 0.1) is 6.92 Å². The summed E-state index contributed by atoms with van der Waals surface area (Å²) in [5.41, 5.74) is 3.23. The number of ether oxygens (including phenoxy) is 2. The molecule has 0 fully saturated rings. The van der Waals surface area contributed by atoms with Crippen LogP contribution in [0.1, 0.15) is 29.9 Å². The molecule has 0 N–H and O–H groups in total. The van der Waals surface area contributed by atoms with Gasteiger partial charge in [-0.2, -0.15) is 5.10 Å². The quantitative estimate of drug-likeness (QED) is 0.674. The van der Waals surface area contributed by atoms with E-state index in [9.17, 15) is 4.79 Å². The number of carbonyl (C=O) groups excluding carboxylic acids is 1. The maximum atomic E-state index is 12.5. The lowest BCUT2D eigenvalue weighted by molar-refractivity contribution is 0.0527. The molecule has 2 aromatic heterocycles. The van der Waals surface area contributed by atoms with Crippen LogP contribution < -0.4 is 4.74 Å². The van der Waals surface area contributed by atoms with Gasteiger partial charge in [0.2, 0.25) is 0 Å². The van der Waals surface area contributed by atoms with E-state index in [-0.39, 0.29) is 5.97 Å². The zero-order chi connectivity index (χ0) is 17.3. The first-order valence-corrected chi connectivity index (χ1v) is 7.99. The molecule has 0 bridgehead atoms. The maximum Gasteiger partial charge on any atom is 0.340 e. The summed E-state index contributed by atoms with van der Waals surface area (Å²) in [6.45, 7) is 6.88. The van der Waals surface area contributed by atoms with E-state index in [0.29, 0.717) is 17.9 Å². The van der Waals surface area contributed by atoms with Crippen LogP contribution in [0.5, 0.6) is 5.75 Å². The summed E-state index contributed by atoms with van der Waals surface area (Å²) in [6, 6.07) is 5.71. The highest BCUT2D eigenvalue weighted by atomic mass is 16.5. The van der Waals surface area contributed by atoms with Gasteiger partial charge in [0, 0.05) is 23.8 Å². The first-order valence-electron chi connectivity index (χ1n) is 7.99. The molecule has 2 heterocycles. The number of nitrogens with zero attached hydrogens (tertiary/aromatic N) is 3. The van der Waals surface area contributed by atoms with E-state index in [2.05, 4.69) is 5.10 Å². The van der Waals surface area contributed by atoms with Crippen LogP contribution in [0.2, 0.25) is 0 Å². The lowest BCUT2D eigenvalue weighted by Crippen LogP contribution is -2.07. The first-order chi connectivity index (χ1) is 11.6. The van der Waals surface area contributed by atoms with Gasteiger partial charge in [0.05, 0.1) is 36.7 Å². The van der Waals surface area contributed by atoms with E-state index < -0.39 is 0 Å². The lowest BCUT2D eigenvalue weighted by atomic mass is 10.1. The molecular weight excluding hydrogens is 306 g/mol. The van der Waals surface area contributed by atoms with Gasteiger partial charge in [-0.3, -0.25) is 4.68 Å². The van der Waals surface area contributed by atoms with Gasteiger partial charge in [0.25, 0.3) is 0 Å². The van der Waals surface area contributed by atoms with Gasteiger partial charge < -0.3 is 14.0 Å². The Balaban J connectivity index is 2.29. The summed E-state index contributed by atoms with van der Waals surface area (Å²) in [5, 5.41) is 5.15. The number of hydrogen-bond acceptors (Lipinski definition) is 4. The topological polar surface area (TPSA) is 58.3 Å². The Morgan fingerprint density at radius 2 is 2.08 bits per heavy atom. The van der Waals surface area contributed by atoms with Gasteiger partial charge in [-0.25, -0.2) is 4.79 Å². The van der Waals surface area contributed by atoms with Crippen LogP contribution in [0.4, 0.5) is 0 Å². The summed E-state index contributed by atoms with van der Waals surface area (Å²) in [7, 11) is 1.61. The van der Waals surface area contributed by atoms with Crippen molar-refractivity contribution in [3.05, 3.63) is 41.9 Å². The zero-order valence-corrected chi connectivity index (χ0v) is 14.4. The molecule has 3 rings (SSSR count). The third-order valence-electron chi connectivity index (χ3n) is 4.09. The highest BCUT2D eigenvalue weighted by Gasteiger charge is 2.22. The van der Waals surface area contributed by atoms with Crippen molar-refractivity contribution in [2.45, 2.75) is 27.3 Å². The van der Waals surface area contributed by atoms with Crippen molar-refractivity contribution in [3.8, 4) is 11.4 Å². The molecule has 0 aliphatic rings. The molecule has 0 saturated heterocycles. The van der Waals surface area contributed by atoms with Crippen molar-refractivity contribution < 1.29 is 14.3 Å². The van der Waals surface area contributed by atoms with Gasteiger partial charge in [0.1, 0.15) is 5.75 Å². The molecule has 0 spiro atoms. The Morgan fingerprint density at radius 3 is 2.71 bits per heavy atom. The van der Waals surface area contributed by atoms with E-state index in [0.717, 1.165) is 28.8 Å². The molecule has 0 atom stereocenters. The highest BCUT2D eigenvalue weighted by molar-refractivity contribution is 6.07. The molecule has 0 unspecified atom stereocenters. The summed E-state index contributed by atoms with van der Waals surface area (Å²) >= 11 is 0. The van der Waals surface area contributed by atoms with Crippen molar-refractivity contribution in [2.24, 2.45) is 0 Å². The minimum atomic E-state index is -0.324. The Bertz CT molecular complexity index is 892. The van der Waals surface area contributed by atoms with Crippen LogP contribution in [0.25, 0.3) is 16.6 Å². The third-order valence-corrected chi connectivity index (χ3v) is 4.09. The van der Waals surface area contributed by atoms with E-state index in [4.69, 9.17) is 9.47 Å². The van der Waals surface area contributed by atoms with Crippen LogP contribution in [0.15, 0.2) is 30.6 Å². The Kier molecular flexibility index (Phi) is 4.29. The average Bonchev–Trinajstić information content (AvgIpc) is 3.15. The van der Waals surface area contributed by atoms with E-state index >= 15 is 0 Å². The predicted molar refractivity (Wildman–Crippen MR) is 92.0 cm³/mol. The average molecular weight is 327 g/mol. The van der Waals surface area contributed by atoms with Gasteiger partial charge in [-0.1, -0.05) is 0 Å². The van der Waals surface area contributed by atoms with Gasteiger partial charge >= 0.3 is 5.97 Å². The largest absolute Gasteiger partial charge is 0.497 e. The highest BCUT2D eigenvalue weighted by Crippen LogP contribution is 2.32. The standard InChI is InChI=1S/C18H21N3O3/c1-5-20-11-13(10-19-20)21-12(3)17(18(22)24-6-2)15-9-14(23-4)7-8-16(15)21/h7-11H,5-6H2,1-4H3.